The zero-order valence-electron chi connectivity index (χ0n) is 16.1. The molecule has 0 amide bonds. The van der Waals surface area contributed by atoms with E-state index in [0.717, 1.165) is 24.0 Å². The molecule has 0 aromatic heterocycles. The van der Waals surface area contributed by atoms with Gasteiger partial charge in [0.05, 0.1) is 19.8 Å². The van der Waals surface area contributed by atoms with Crippen molar-refractivity contribution >= 4 is 8.07 Å². The first-order valence-corrected chi connectivity index (χ1v) is 12.4. The molecular weight excluding hydrogens is 328 g/mol. The quantitative estimate of drug-likeness (QED) is 0.578. The summed E-state index contributed by atoms with van der Waals surface area (Å²) in [6.07, 6.45) is 2.19. The van der Waals surface area contributed by atoms with Gasteiger partial charge in [0.2, 0.25) is 0 Å². The summed E-state index contributed by atoms with van der Waals surface area (Å²) < 4.78 is 18.1. The molecule has 25 heavy (non-hydrogen) atoms. The highest BCUT2D eigenvalue weighted by Crippen LogP contribution is 2.46. The average molecular weight is 359 g/mol. The van der Waals surface area contributed by atoms with Gasteiger partial charge in [-0.15, -0.1) is 5.54 Å². The molecule has 0 unspecified atom stereocenters. The monoisotopic (exact) mass is 358 g/mol. The van der Waals surface area contributed by atoms with Crippen LogP contribution in [-0.2, 0) is 20.2 Å². The second kappa shape index (κ2) is 6.89. The summed E-state index contributed by atoms with van der Waals surface area (Å²) in [5.41, 5.74) is 6.16. The van der Waals surface area contributed by atoms with Crippen LogP contribution in [0.25, 0.3) is 0 Å². The molecule has 3 aliphatic heterocycles. The summed E-state index contributed by atoms with van der Waals surface area (Å²) in [7, 11) is -1.48. The van der Waals surface area contributed by atoms with Crippen LogP contribution in [0.4, 0.5) is 0 Å². The zero-order chi connectivity index (χ0) is 18.1. The lowest BCUT2D eigenvalue weighted by Crippen LogP contribution is -2.58. The molecule has 3 aliphatic rings. The normalized spacial score (nSPS) is 28.7. The number of hydrogen-bond acceptors (Lipinski definition) is 3. The van der Waals surface area contributed by atoms with E-state index in [4.69, 9.17) is 14.2 Å². The van der Waals surface area contributed by atoms with Crippen molar-refractivity contribution < 1.29 is 14.2 Å². The lowest BCUT2D eigenvalue weighted by atomic mass is 9.83. The molecule has 0 spiro atoms. The fourth-order valence-corrected chi connectivity index (χ4v) is 3.88. The summed E-state index contributed by atoms with van der Waals surface area (Å²) >= 11 is 0. The van der Waals surface area contributed by atoms with Crippen LogP contribution in [0.3, 0.4) is 0 Å². The number of ether oxygens (including phenoxy) is 3. The number of rotatable bonds is 4. The Kier molecular flexibility index (Phi) is 5.14. The minimum atomic E-state index is -1.48. The first-order chi connectivity index (χ1) is 11.8. The third-order valence-electron chi connectivity index (χ3n) is 5.70. The van der Waals surface area contributed by atoms with Crippen LogP contribution in [0.2, 0.25) is 18.6 Å². The molecule has 0 aliphatic carbocycles. The van der Waals surface area contributed by atoms with Gasteiger partial charge in [0.25, 0.3) is 0 Å². The zero-order valence-corrected chi connectivity index (χ0v) is 17.1. The van der Waals surface area contributed by atoms with Gasteiger partial charge in [-0.1, -0.05) is 46.2 Å². The maximum atomic E-state index is 6.02. The van der Waals surface area contributed by atoms with Crippen LogP contribution in [0, 0.1) is 16.9 Å². The Morgan fingerprint density at radius 3 is 2.08 bits per heavy atom. The molecule has 3 heterocycles. The van der Waals surface area contributed by atoms with E-state index in [1.807, 2.05) is 24.3 Å². The molecule has 0 atom stereocenters. The summed E-state index contributed by atoms with van der Waals surface area (Å²) in [5, 5.41) is 0. The molecule has 3 saturated heterocycles. The van der Waals surface area contributed by atoms with E-state index in [-0.39, 0.29) is 5.41 Å². The van der Waals surface area contributed by atoms with E-state index in [1.54, 1.807) is 0 Å². The third kappa shape index (κ3) is 3.70. The van der Waals surface area contributed by atoms with Gasteiger partial charge in [-0.2, -0.15) is 0 Å². The topological polar surface area (TPSA) is 27.7 Å². The fourth-order valence-electron chi connectivity index (χ4n) is 3.13. The second-order valence-corrected chi connectivity index (χ2v) is 13.2. The first-order valence-electron chi connectivity index (χ1n) is 9.36. The van der Waals surface area contributed by atoms with E-state index in [0.29, 0.717) is 25.4 Å². The molecule has 4 heteroatoms. The molecule has 2 bridgehead atoms. The van der Waals surface area contributed by atoms with Crippen molar-refractivity contribution in [2.45, 2.75) is 58.2 Å². The molecule has 3 fully saturated rings. The number of fused-ring (bicyclic) bond motifs is 3. The van der Waals surface area contributed by atoms with Crippen molar-refractivity contribution in [3.8, 4) is 11.5 Å². The van der Waals surface area contributed by atoms with Gasteiger partial charge >= 0.3 is 5.97 Å². The SMILES string of the molecule is CCCC12COC(c3ccc(C#C[Si](C)(C)C(C)C)cc3)(OC1)OC2. The maximum absolute atomic E-state index is 6.02. The van der Waals surface area contributed by atoms with Crippen molar-refractivity contribution in [2.75, 3.05) is 19.8 Å². The van der Waals surface area contributed by atoms with Crippen LogP contribution in [-0.4, -0.2) is 27.9 Å². The Morgan fingerprint density at radius 1 is 1.04 bits per heavy atom. The van der Waals surface area contributed by atoms with Gasteiger partial charge in [-0.3, -0.25) is 0 Å². The predicted molar refractivity (Wildman–Crippen MR) is 103 cm³/mol. The smallest absolute Gasteiger partial charge is 0.312 e. The minimum Gasteiger partial charge on any atom is -0.323 e. The lowest BCUT2D eigenvalue weighted by molar-refractivity contribution is -0.480. The second-order valence-electron chi connectivity index (χ2n) is 8.38. The van der Waals surface area contributed by atoms with E-state index < -0.39 is 14.0 Å². The lowest BCUT2D eigenvalue weighted by Gasteiger charge is -2.51. The van der Waals surface area contributed by atoms with Gasteiger partial charge in [0.15, 0.2) is 0 Å². The Labute approximate surface area is 153 Å². The summed E-state index contributed by atoms with van der Waals surface area (Å²) in [6.45, 7) is 13.5. The molecule has 1 aromatic rings. The third-order valence-corrected chi connectivity index (χ3v) is 9.35. The van der Waals surface area contributed by atoms with E-state index in [2.05, 4.69) is 45.3 Å². The van der Waals surface area contributed by atoms with Crippen LogP contribution in [0.15, 0.2) is 24.3 Å². The largest absolute Gasteiger partial charge is 0.323 e. The van der Waals surface area contributed by atoms with E-state index in [9.17, 15) is 0 Å². The van der Waals surface area contributed by atoms with Gasteiger partial charge in [0, 0.05) is 16.5 Å². The van der Waals surface area contributed by atoms with Gasteiger partial charge < -0.3 is 14.2 Å². The van der Waals surface area contributed by atoms with Gasteiger partial charge in [-0.25, -0.2) is 0 Å². The minimum absolute atomic E-state index is 0.0367. The highest BCUT2D eigenvalue weighted by molar-refractivity contribution is 6.86. The van der Waals surface area contributed by atoms with Crippen LogP contribution < -0.4 is 0 Å². The van der Waals surface area contributed by atoms with Crippen LogP contribution >= 0.6 is 0 Å². The summed E-state index contributed by atoms with van der Waals surface area (Å²) in [6, 6.07) is 8.12. The molecule has 0 saturated carbocycles. The molecule has 0 radical (unpaired) electrons. The average Bonchev–Trinajstić information content (AvgIpc) is 2.62. The highest BCUT2D eigenvalue weighted by atomic mass is 28.3. The molecule has 1 aromatic carbocycles. The summed E-state index contributed by atoms with van der Waals surface area (Å²) in [4.78, 5) is 0. The summed E-state index contributed by atoms with van der Waals surface area (Å²) in [5.74, 6) is 2.33. The Balaban J connectivity index is 1.73. The Hall–Kier alpha value is -1.12. The van der Waals surface area contributed by atoms with E-state index in [1.165, 1.54) is 0 Å². The molecule has 0 N–H and O–H groups in total. The highest BCUT2D eigenvalue weighted by Gasteiger charge is 2.53. The van der Waals surface area contributed by atoms with Crippen molar-refractivity contribution in [1.29, 1.82) is 0 Å². The molecule has 4 rings (SSSR count). The van der Waals surface area contributed by atoms with Crippen molar-refractivity contribution in [1.82, 2.24) is 0 Å². The van der Waals surface area contributed by atoms with Crippen molar-refractivity contribution in [3.63, 3.8) is 0 Å². The van der Waals surface area contributed by atoms with Gasteiger partial charge in [0.1, 0.15) is 8.07 Å². The van der Waals surface area contributed by atoms with Crippen molar-refractivity contribution in [2.24, 2.45) is 5.41 Å². The maximum Gasteiger partial charge on any atom is 0.312 e. The van der Waals surface area contributed by atoms with Crippen LogP contribution in [0.1, 0.15) is 44.7 Å². The van der Waals surface area contributed by atoms with E-state index >= 15 is 0 Å². The predicted octanol–water partition coefficient (Wildman–Crippen LogP) is 4.67. The Morgan fingerprint density at radius 2 is 1.60 bits per heavy atom. The molecular formula is C21H30O3Si. The first kappa shape index (κ1) is 18.7. The molecule has 3 nitrogen and oxygen atoms in total. The molecule has 136 valence electrons. The van der Waals surface area contributed by atoms with Crippen molar-refractivity contribution in [3.05, 3.63) is 35.4 Å². The standard InChI is InChI=1S/C21H30O3Si/c1-6-12-20-14-22-21(23-15-20,24-16-20)19-9-7-18(8-10-19)11-13-25(4,5)17(2)3/h7-10,17H,6,12,14-16H2,1-5H3. The fraction of sp³-hybridized carbons (Fsp3) is 0.619. The Bertz CT molecular complexity index is 642. The van der Waals surface area contributed by atoms with Crippen LogP contribution in [0.5, 0.6) is 0 Å². The van der Waals surface area contributed by atoms with Gasteiger partial charge in [-0.05, 0) is 36.2 Å². The number of hydrogen-bond donors (Lipinski definition) is 0. The number of benzene rings is 1.